The van der Waals surface area contributed by atoms with E-state index in [4.69, 9.17) is 9.73 Å². The van der Waals surface area contributed by atoms with Crippen molar-refractivity contribution >= 4 is 137 Å². The number of allylic oxidation sites excluding steroid dienone is 1. The normalized spacial score (nSPS) is 13.8. The maximum atomic E-state index is 12.1. The fourth-order valence-electron chi connectivity index (χ4n) is 4.63. The fourth-order valence-corrected chi connectivity index (χ4v) is 11.8. The molecule has 1 aromatic carbocycles. The van der Waals surface area contributed by atoms with Crippen LogP contribution in [0.1, 0.15) is 21.6 Å². The van der Waals surface area contributed by atoms with Crippen molar-refractivity contribution in [3.63, 3.8) is 0 Å². The van der Waals surface area contributed by atoms with Gasteiger partial charge in [-0.2, -0.15) is 0 Å². The molecule has 0 aliphatic carbocycles. The second-order valence-electron chi connectivity index (χ2n) is 8.92. The lowest BCUT2D eigenvalue weighted by Crippen LogP contribution is -2.14. The van der Waals surface area contributed by atoms with Crippen LogP contribution in [0.5, 0.6) is 0 Å². The average molecular weight is 870 g/mol. The van der Waals surface area contributed by atoms with Gasteiger partial charge in [-0.05, 0) is 118 Å². The summed E-state index contributed by atoms with van der Waals surface area (Å²) in [4.78, 5) is 25.7. The number of hydrogen-bond acceptors (Lipinski definition) is 7. The van der Waals surface area contributed by atoms with Crippen molar-refractivity contribution in [3.8, 4) is 19.5 Å². The Hall–Kier alpha value is -1.64. The van der Waals surface area contributed by atoms with E-state index in [1.165, 1.54) is 26.6 Å². The predicted molar refractivity (Wildman–Crippen MR) is 187 cm³/mol. The number of halogens is 4. The molecule has 7 rings (SSSR count). The third-order valence-corrected chi connectivity index (χ3v) is 14.4. The maximum Gasteiger partial charge on any atom is 0.337 e. The Balaban J connectivity index is 1.39. The van der Waals surface area contributed by atoms with Crippen molar-refractivity contribution in [2.75, 3.05) is 7.11 Å². The van der Waals surface area contributed by atoms with Gasteiger partial charge in [0.25, 0.3) is 0 Å². The highest BCUT2D eigenvalue weighted by Gasteiger charge is 2.22. The number of nitrogens with one attached hydrogen (secondary N) is 1. The SMILES string of the molecule is COC(=O)c1ccc(/C(=C2\C=c3sc(-c4ccc(Br)s4)c(Br)c3=N2)c2cc3sc(-c4ccc(Br)s4)c(Br)c3[nH]2)cc1. The molecule has 0 saturated heterocycles. The van der Waals surface area contributed by atoms with Gasteiger partial charge < -0.3 is 9.72 Å². The van der Waals surface area contributed by atoms with Crippen LogP contribution in [0.3, 0.4) is 0 Å². The number of rotatable bonds is 5. The number of methoxy groups -OCH3 is 1. The number of carbonyl (C=O) groups is 1. The summed E-state index contributed by atoms with van der Waals surface area (Å²) in [5.41, 5.74) is 5.29. The molecule has 0 spiro atoms. The molecule has 1 N–H and O–H groups in total. The molecular weight excluding hydrogens is 856 g/mol. The summed E-state index contributed by atoms with van der Waals surface area (Å²) in [7, 11) is 1.39. The van der Waals surface area contributed by atoms with Gasteiger partial charge in [-0.3, -0.25) is 0 Å². The van der Waals surface area contributed by atoms with Gasteiger partial charge in [-0.25, -0.2) is 9.79 Å². The fraction of sp³-hybridized carbons (Fsp3) is 0.0345. The van der Waals surface area contributed by atoms with Crippen LogP contribution in [0.4, 0.5) is 0 Å². The number of hydrogen-bond donors (Lipinski definition) is 1. The molecule has 0 atom stereocenters. The first-order valence-electron chi connectivity index (χ1n) is 12.0. The van der Waals surface area contributed by atoms with Crippen LogP contribution in [0.2, 0.25) is 0 Å². The van der Waals surface area contributed by atoms with Gasteiger partial charge in [-0.15, -0.1) is 45.3 Å². The van der Waals surface area contributed by atoms with E-state index >= 15 is 0 Å². The topological polar surface area (TPSA) is 54.4 Å². The Morgan fingerprint density at radius 3 is 2.00 bits per heavy atom. The maximum absolute atomic E-state index is 12.1. The summed E-state index contributed by atoms with van der Waals surface area (Å²) in [5, 5.41) is 0.938. The van der Waals surface area contributed by atoms with Crippen LogP contribution >= 0.6 is 109 Å². The second-order valence-corrected chi connectivity index (χ2v) is 17.5. The van der Waals surface area contributed by atoms with Crippen molar-refractivity contribution in [1.29, 1.82) is 0 Å². The lowest BCUT2D eigenvalue weighted by Gasteiger charge is -2.10. The van der Waals surface area contributed by atoms with Gasteiger partial charge in [0.2, 0.25) is 0 Å². The minimum atomic E-state index is -0.362. The van der Waals surface area contributed by atoms with E-state index in [0.717, 1.165) is 59.2 Å². The largest absolute Gasteiger partial charge is 0.465 e. The Morgan fingerprint density at radius 1 is 0.805 bits per heavy atom. The lowest BCUT2D eigenvalue weighted by molar-refractivity contribution is 0.0600. The zero-order valence-electron chi connectivity index (χ0n) is 20.7. The number of esters is 1. The van der Waals surface area contributed by atoms with Gasteiger partial charge in [0.15, 0.2) is 0 Å². The average Bonchev–Trinajstić information content (AvgIpc) is 3.80. The Labute approximate surface area is 283 Å². The molecule has 0 amide bonds. The van der Waals surface area contributed by atoms with E-state index in [2.05, 4.69) is 105 Å². The molecule has 4 nitrogen and oxygen atoms in total. The highest BCUT2D eigenvalue weighted by Crippen LogP contribution is 2.46. The minimum absolute atomic E-state index is 0.362. The van der Waals surface area contributed by atoms with Crippen LogP contribution < -0.4 is 9.89 Å². The molecule has 1 aliphatic rings. The molecule has 1 aliphatic heterocycles. The first-order chi connectivity index (χ1) is 19.8. The second kappa shape index (κ2) is 11.1. The summed E-state index contributed by atoms with van der Waals surface area (Å²) >= 11 is 21.7. The number of benzene rings is 1. The van der Waals surface area contributed by atoms with Crippen LogP contribution in [-0.2, 0) is 4.74 Å². The van der Waals surface area contributed by atoms with Gasteiger partial charge >= 0.3 is 5.97 Å². The molecule has 0 unspecified atom stereocenters. The minimum Gasteiger partial charge on any atom is -0.465 e. The molecule has 0 saturated carbocycles. The summed E-state index contributed by atoms with van der Waals surface area (Å²) in [6.45, 7) is 0. The molecule has 41 heavy (non-hydrogen) atoms. The first-order valence-corrected chi connectivity index (χ1v) is 18.4. The van der Waals surface area contributed by atoms with E-state index in [1.807, 2.05) is 12.1 Å². The number of nitrogens with zero attached hydrogens (tertiary/aromatic N) is 1. The number of aromatic amines is 1. The van der Waals surface area contributed by atoms with Gasteiger partial charge in [0.1, 0.15) is 0 Å². The van der Waals surface area contributed by atoms with Crippen LogP contribution in [-0.4, -0.2) is 18.1 Å². The zero-order chi connectivity index (χ0) is 28.4. The number of thiophene rings is 4. The first kappa shape index (κ1) is 28.1. The van der Waals surface area contributed by atoms with Crippen molar-refractivity contribution in [1.82, 2.24) is 4.98 Å². The number of carbonyl (C=O) groups excluding carboxylic acids is 1. The van der Waals surface area contributed by atoms with Crippen LogP contribution in [0.15, 0.2) is 81.8 Å². The third kappa shape index (κ3) is 5.04. The van der Waals surface area contributed by atoms with E-state index in [0.29, 0.717) is 5.56 Å². The Bertz CT molecular complexity index is 2160. The molecule has 0 radical (unpaired) electrons. The quantitative estimate of drug-likeness (QED) is 0.176. The highest BCUT2D eigenvalue weighted by molar-refractivity contribution is 9.11. The molecule has 6 heterocycles. The summed E-state index contributed by atoms with van der Waals surface area (Å²) in [6, 6.07) is 18.1. The molecule has 204 valence electrons. The molecular formula is C29H14Br4N2O2S4. The van der Waals surface area contributed by atoms with E-state index in [1.54, 1.807) is 57.5 Å². The molecule has 5 aromatic heterocycles. The molecule has 6 aromatic rings. The number of ether oxygens (including phenoxy) is 1. The standard InChI is InChI=1S/C29H14Br4N2O2S4/c1-37-29(36)13-4-2-12(3-5-13)22(14-10-18-25(34-14)23(32)27(40-18)16-6-8-20(30)38-16)15-11-19-26(35-15)24(33)28(41-19)17-7-9-21(31)39-17/h2-11,34H,1H3/b22-15-. The van der Waals surface area contributed by atoms with Gasteiger partial charge in [0.05, 0.1) is 70.4 Å². The summed E-state index contributed by atoms with van der Waals surface area (Å²) in [5.74, 6) is -0.362. The molecule has 0 bridgehead atoms. The van der Waals surface area contributed by atoms with Crippen molar-refractivity contribution in [3.05, 3.63) is 104 Å². The van der Waals surface area contributed by atoms with E-state index in [9.17, 15) is 4.79 Å². The Kier molecular flexibility index (Phi) is 7.64. The molecule has 12 heteroatoms. The number of H-pyrrole nitrogens is 1. The van der Waals surface area contributed by atoms with E-state index in [-0.39, 0.29) is 5.97 Å². The zero-order valence-corrected chi connectivity index (χ0v) is 30.3. The number of aromatic nitrogens is 1. The predicted octanol–water partition coefficient (Wildman–Crippen LogP) is 10.5. The smallest absolute Gasteiger partial charge is 0.337 e. The monoisotopic (exact) mass is 866 g/mol. The van der Waals surface area contributed by atoms with Crippen LogP contribution in [0.25, 0.3) is 41.4 Å². The van der Waals surface area contributed by atoms with Crippen molar-refractivity contribution in [2.24, 2.45) is 4.99 Å². The number of fused-ring (bicyclic) bond motifs is 2. The van der Waals surface area contributed by atoms with E-state index < -0.39 is 0 Å². The summed E-state index contributed by atoms with van der Waals surface area (Å²) < 4.78 is 11.4. The molecule has 0 fully saturated rings. The lowest BCUT2D eigenvalue weighted by atomic mass is 9.99. The van der Waals surface area contributed by atoms with Crippen molar-refractivity contribution < 1.29 is 9.53 Å². The highest BCUT2D eigenvalue weighted by atomic mass is 79.9. The van der Waals surface area contributed by atoms with Crippen molar-refractivity contribution in [2.45, 2.75) is 0 Å². The van der Waals surface area contributed by atoms with Gasteiger partial charge in [0, 0.05) is 15.3 Å². The van der Waals surface area contributed by atoms with Gasteiger partial charge in [-0.1, -0.05) is 12.1 Å². The third-order valence-electron chi connectivity index (χ3n) is 6.48. The Morgan fingerprint density at radius 2 is 1.44 bits per heavy atom. The van der Waals surface area contributed by atoms with Crippen LogP contribution in [0, 0.1) is 0 Å². The summed E-state index contributed by atoms with van der Waals surface area (Å²) in [6.07, 6.45) is 2.15.